The zero-order chi connectivity index (χ0) is 30.8. The van der Waals surface area contributed by atoms with Crippen molar-refractivity contribution in [2.75, 3.05) is 34.0 Å². The number of hydrogen-bond donors (Lipinski definition) is 5. The number of benzene rings is 2. The Bertz CT molecular complexity index is 1380. The van der Waals surface area contributed by atoms with E-state index in [0.717, 1.165) is 0 Å². The molecular formula is C27H31ClN4O10. The Kier molecular flexibility index (Phi) is 11.2. The first-order valence-electron chi connectivity index (χ1n) is 12.5. The largest absolute Gasteiger partial charge is 0.493 e. The SMILES string of the molecule is CCOc1cc([C@@H]2NC(=O)NC(C)=C2C(=O)OC)ccc1OC[C@H](O)N/N=C\c1cc(Cl)c(OCC(=O)O)c(OC)c1. The van der Waals surface area contributed by atoms with Crippen LogP contribution in [0.15, 0.2) is 46.7 Å². The number of urea groups is 1. The van der Waals surface area contributed by atoms with Crippen LogP contribution in [0.4, 0.5) is 4.79 Å². The number of aliphatic hydroxyl groups is 1. The van der Waals surface area contributed by atoms with E-state index in [2.05, 4.69) is 21.2 Å². The average molecular weight is 607 g/mol. The second-order valence-electron chi connectivity index (χ2n) is 8.63. The quantitative estimate of drug-likeness (QED) is 0.0919. The molecular weight excluding hydrogens is 576 g/mol. The molecule has 2 amide bonds. The molecule has 5 N–H and O–H groups in total. The minimum Gasteiger partial charge on any atom is -0.493 e. The highest BCUT2D eigenvalue weighted by molar-refractivity contribution is 6.32. The zero-order valence-electron chi connectivity index (χ0n) is 23.2. The normalized spacial score (nSPS) is 15.4. The number of carbonyl (C=O) groups is 3. The second kappa shape index (κ2) is 14.8. The van der Waals surface area contributed by atoms with Crippen molar-refractivity contribution in [2.24, 2.45) is 5.10 Å². The number of aliphatic hydroxyl groups excluding tert-OH is 1. The van der Waals surface area contributed by atoms with Gasteiger partial charge in [-0.25, -0.2) is 14.4 Å². The maximum atomic E-state index is 12.4. The van der Waals surface area contributed by atoms with Crippen LogP contribution in [0.1, 0.15) is 31.0 Å². The summed E-state index contributed by atoms with van der Waals surface area (Å²) in [4.78, 5) is 35.3. The standard InChI is InChI=1S/C27H31ClN4O10/c1-5-40-19-10-16(24-23(26(36)39-4)14(2)30-27(37)31-24)6-7-18(19)41-12-21(33)32-29-11-15-8-17(28)25(20(9-15)38-3)42-13-22(34)35/h6-11,21,24,32-33H,5,12-13H2,1-4H3,(H,34,35)(H2,30,31,37)/b29-11-/t21-,24-/m0/s1. The Hall–Kier alpha value is -4.69. The highest BCUT2D eigenvalue weighted by Gasteiger charge is 2.32. The second-order valence-corrected chi connectivity index (χ2v) is 9.04. The lowest BCUT2D eigenvalue weighted by Gasteiger charge is -2.28. The number of amides is 2. The van der Waals surface area contributed by atoms with Crippen LogP contribution in [0.5, 0.6) is 23.0 Å². The van der Waals surface area contributed by atoms with Gasteiger partial charge in [0, 0.05) is 5.70 Å². The highest BCUT2D eigenvalue weighted by Crippen LogP contribution is 2.36. The van der Waals surface area contributed by atoms with Crippen molar-refractivity contribution in [1.29, 1.82) is 0 Å². The summed E-state index contributed by atoms with van der Waals surface area (Å²) in [6.07, 6.45) is 0.131. The molecule has 1 heterocycles. The van der Waals surface area contributed by atoms with E-state index in [1.165, 1.54) is 32.6 Å². The van der Waals surface area contributed by atoms with Gasteiger partial charge < -0.3 is 44.5 Å². The van der Waals surface area contributed by atoms with E-state index in [-0.39, 0.29) is 28.7 Å². The van der Waals surface area contributed by atoms with Gasteiger partial charge in [-0.05, 0) is 49.2 Å². The summed E-state index contributed by atoms with van der Waals surface area (Å²) in [5.74, 6) is -0.854. The Morgan fingerprint density at radius 2 is 1.90 bits per heavy atom. The van der Waals surface area contributed by atoms with Gasteiger partial charge in [0.1, 0.15) is 6.61 Å². The predicted molar refractivity (Wildman–Crippen MR) is 150 cm³/mol. The molecule has 2 aromatic carbocycles. The first-order valence-corrected chi connectivity index (χ1v) is 12.9. The van der Waals surface area contributed by atoms with Gasteiger partial charge in [0.15, 0.2) is 35.8 Å². The van der Waals surface area contributed by atoms with Gasteiger partial charge in [0.25, 0.3) is 0 Å². The van der Waals surface area contributed by atoms with Gasteiger partial charge in [-0.3, -0.25) is 5.43 Å². The monoisotopic (exact) mass is 606 g/mol. The van der Waals surface area contributed by atoms with E-state index in [0.29, 0.717) is 34.9 Å². The summed E-state index contributed by atoms with van der Waals surface area (Å²) in [5.41, 5.74) is 4.16. The van der Waals surface area contributed by atoms with E-state index in [4.69, 9.17) is 40.4 Å². The summed E-state index contributed by atoms with van der Waals surface area (Å²) in [6, 6.07) is 6.63. The van der Waals surface area contributed by atoms with Crippen molar-refractivity contribution in [3.8, 4) is 23.0 Å². The van der Waals surface area contributed by atoms with Crippen LogP contribution in [0.3, 0.4) is 0 Å². The van der Waals surface area contributed by atoms with E-state index in [1.807, 2.05) is 0 Å². The van der Waals surface area contributed by atoms with Gasteiger partial charge in [-0.2, -0.15) is 5.10 Å². The summed E-state index contributed by atoms with van der Waals surface area (Å²) >= 11 is 6.19. The lowest BCUT2D eigenvalue weighted by atomic mass is 9.95. The van der Waals surface area contributed by atoms with Crippen LogP contribution in [0.25, 0.3) is 0 Å². The number of hydrazone groups is 1. The molecule has 226 valence electrons. The number of aliphatic carboxylic acids is 1. The fourth-order valence-electron chi connectivity index (χ4n) is 3.91. The Morgan fingerprint density at radius 3 is 2.57 bits per heavy atom. The highest BCUT2D eigenvalue weighted by atomic mass is 35.5. The third kappa shape index (κ3) is 8.17. The van der Waals surface area contributed by atoms with E-state index < -0.39 is 36.8 Å². The van der Waals surface area contributed by atoms with Gasteiger partial charge in [0.05, 0.1) is 43.7 Å². The number of methoxy groups -OCH3 is 2. The number of carboxylic acid groups (broad SMARTS) is 1. The molecule has 0 aromatic heterocycles. The Balaban J connectivity index is 1.68. The average Bonchev–Trinajstić information content (AvgIpc) is 2.94. The van der Waals surface area contributed by atoms with Crippen molar-refractivity contribution in [3.05, 3.63) is 57.8 Å². The van der Waals surface area contributed by atoms with E-state index in [9.17, 15) is 19.5 Å². The molecule has 0 fully saturated rings. The molecule has 0 aliphatic carbocycles. The molecule has 0 saturated heterocycles. The number of hydrogen-bond acceptors (Lipinski definition) is 11. The molecule has 0 radical (unpaired) electrons. The topological polar surface area (TPSA) is 186 Å². The molecule has 0 spiro atoms. The molecule has 0 unspecified atom stereocenters. The minimum absolute atomic E-state index is 0.0754. The molecule has 0 saturated carbocycles. The van der Waals surface area contributed by atoms with Crippen molar-refractivity contribution >= 4 is 35.8 Å². The number of carboxylic acids is 1. The van der Waals surface area contributed by atoms with Crippen molar-refractivity contribution in [3.63, 3.8) is 0 Å². The molecule has 2 aromatic rings. The molecule has 42 heavy (non-hydrogen) atoms. The van der Waals surface area contributed by atoms with Crippen LogP contribution >= 0.6 is 11.6 Å². The molecule has 1 aliphatic heterocycles. The molecule has 14 nitrogen and oxygen atoms in total. The summed E-state index contributed by atoms with van der Waals surface area (Å²) in [6.45, 7) is 2.87. The van der Waals surface area contributed by atoms with Crippen molar-refractivity contribution in [1.82, 2.24) is 16.1 Å². The number of carbonyl (C=O) groups excluding carboxylic acids is 2. The number of nitrogens with zero attached hydrogens (tertiary/aromatic N) is 1. The fourth-order valence-corrected chi connectivity index (χ4v) is 4.18. The molecule has 1 aliphatic rings. The van der Waals surface area contributed by atoms with Gasteiger partial charge in [-0.1, -0.05) is 17.7 Å². The van der Waals surface area contributed by atoms with Gasteiger partial charge in [-0.15, -0.1) is 0 Å². The minimum atomic E-state index is -1.23. The van der Waals surface area contributed by atoms with E-state index in [1.54, 1.807) is 32.0 Å². The number of esters is 1. The number of ether oxygens (including phenoxy) is 5. The number of allylic oxidation sites excluding steroid dienone is 1. The van der Waals surface area contributed by atoms with Crippen LogP contribution in [0.2, 0.25) is 5.02 Å². The van der Waals surface area contributed by atoms with Crippen LogP contribution < -0.4 is 35.0 Å². The molecule has 2 atom stereocenters. The Labute approximate surface area is 246 Å². The van der Waals surface area contributed by atoms with Crippen LogP contribution in [0, 0.1) is 0 Å². The number of halogens is 1. The molecule has 3 rings (SSSR count). The van der Waals surface area contributed by atoms with Gasteiger partial charge >= 0.3 is 18.0 Å². The first-order chi connectivity index (χ1) is 20.1. The smallest absolute Gasteiger partial charge is 0.341 e. The third-order valence-electron chi connectivity index (χ3n) is 5.70. The summed E-state index contributed by atoms with van der Waals surface area (Å²) in [7, 11) is 2.63. The maximum absolute atomic E-state index is 12.4. The van der Waals surface area contributed by atoms with Crippen molar-refractivity contribution < 1.29 is 48.3 Å². The lowest BCUT2D eigenvalue weighted by Crippen LogP contribution is -2.45. The first kappa shape index (κ1) is 31.8. The fraction of sp³-hybridized carbons (Fsp3) is 0.333. The maximum Gasteiger partial charge on any atom is 0.341 e. The zero-order valence-corrected chi connectivity index (χ0v) is 24.0. The van der Waals surface area contributed by atoms with Crippen molar-refractivity contribution in [2.45, 2.75) is 26.1 Å². The third-order valence-corrected chi connectivity index (χ3v) is 5.98. The van der Waals surface area contributed by atoms with Crippen LogP contribution in [-0.2, 0) is 14.3 Å². The van der Waals surface area contributed by atoms with Gasteiger partial charge in [0.2, 0.25) is 0 Å². The lowest BCUT2D eigenvalue weighted by molar-refractivity contribution is -0.139. The Morgan fingerprint density at radius 1 is 1.14 bits per heavy atom. The predicted octanol–water partition coefficient (Wildman–Crippen LogP) is 2.33. The summed E-state index contributed by atoms with van der Waals surface area (Å²) < 4.78 is 26.7. The molecule has 15 heteroatoms. The number of nitrogens with one attached hydrogen (secondary N) is 3. The molecule has 0 bridgehead atoms. The number of rotatable bonds is 14. The summed E-state index contributed by atoms with van der Waals surface area (Å²) in [5, 5.41) is 28.5. The van der Waals surface area contributed by atoms with E-state index >= 15 is 0 Å². The van der Waals surface area contributed by atoms with Crippen LogP contribution in [-0.4, -0.2) is 74.7 Å².